The van der Waals surface area contributed by atoms with Crippen LogP contribution in [0.15, 0.2) is 78.0 Å². The molecule has 0 unspecified atom stereocenters. The van der Waals surface area contributed by atoms with E-state index in [2.05, 4.69) is 14.8 Å². The quantitative estimate of drug-likeness (QED) is 0.259. The average molecular weight is 462 g/mol. The van der Waals surface area contributed by atoms with Crippen molar-refractivity contribution < 1.29 is 18.9 Å². The highest BCUT2D eigenvalue weighted by Gasteiger charge is 2.17. The van der Waals surface area contributed by atoms with E-state index < -0.39 is 0 Å². The number of methoxy groups -OCH3 is 1. The Balaban J connectivity index is 1.31. The van der Waals surface area contributed by atoms with E-state index in [9.17, 15) is 0 Å². The fourth-order valence-electron chi connectivity index (χ4n) is 3.53. The number of aromatic nitrogens is 3. The van der Waals surface area contributed by atoms with Crippen LogP contribution in [0.5, 0.6) is 23.0 Å². The minimum absolute atomic E-state index is 0.260. The number of thioether (sulfide) groups is 1. The summed E-state index contributed by atoms with van der Waals surface area (Å²) in [5.74, 6) is 4.72. The van der Waals surface area contributed by atoms with Crippen molar-refractivity contribution in [1.82, 2.24) is 14.8 Å². The molecule has 0 bridgehead atoms. The first-order valence-corrected chi connectivity index (χ1v) is 11.6. The van der Waals surface area contributed by atoms with Crippen LogP contribution in [0.2, 0.25) is 0 Å². The topological polar surface area (TPSA) is 67.6 Å². The molecule has 33 heavy (non-hydrogen) atoms. The second kappa shape index (κ2) is 9.87. The second-order valence-corrected chi connectivity index (χ2v) is 8.38. The normalized spacial score (nSPS) is 12.0. The van der Waals surface area contributed by atoms with E-state index in [1.165, 1.54) is 0 Å². The molecule has 1 aliphatic rings. The molecule has 0 N–H and O–H groups in total. The van der Waals surface area contributed by atoms with E-state index in [1.54, 1.807) is 18.9 Å². The molecule has 2 heterocycles. The first-order valence-electron chi connectivity index (χ1n) is 10.6. The largest absolute Gasteiger partial charge is 0.497 e. The Morgan fingerprint density at radius 1 is 0.909 bits per heavy atom. The Hall–Kier alpha value is -3.65. The summed E-state index contributed by atoms with van der Waals surface area (Å²) < 4.78 is 24.2. The van der Waals surface area contributed by atoms with Crippen molar-refractivity contribution >= 4 is 11.8 Å². The Morgan fingerprint density at radius 3 is 2.52 bits per heavy atom. The molecule has 3 aromatic carbocycles. The van der Waals surface area contributed by atoms with Gasteiger partial charge in [-0.3, -0.25) is 4.57 Å². The molecular formula is C25H23N3O4S. The lowest BCUT2D eigenvalue weighted by Gasteiger charge is -2.11. The van der Waals surface area contributed by atoms with Gasteiger partial charge in [-0.05, 0) is 42.0 Å². The number of ether oxygens (including phenoxy) is 4. The molecule has 0 atom stereocenters. The number of hydrogen-bond acceptors (Lipinski definition) is 7. The van der Waals surface area contributed by atoms with Crippen LogP contribution in [0.3, 0.4) is 0 Å². The maximum atomic E-state index is 5.86. The minimum Gasteiger partial charge on any atom is -0.497 e. The van der Waals surface area contributed by atoms with E-state index in [0.717, 1.165) is 50.9 Å². The predicted molar refractivity (Wildman–Crippen MR) is 126 cm³/mol. The maximum absolute atomic E-state index is 5.86. The van der Waals surface area contributed by atoms with Gasteiger partial charge >= 0.3 is 0 Å². The van der Waals surface area contributed by atoms with Gasteiger partial charge in [-0.25, -0.2) is 0 Å². The Labute approximate surface area is 196 Å². The van der Waals surface area contributed by atoms with E-state index >= 15 is 0 Å². The van der Waals surface area contributed by atoms with Crippen molar-refractivity contribution in [1.29, 1.82) is 0 Å². The molecule has 0 spiro atoms. The van der Waals surface area contributed by atoms with Gasteiger partial charge in [0.1, 0.15) is 11.5 Å². The highest BCUT2D eigenvalue weighted by atomic mass is 32.2. The lowest BCUT2D eigenvalue weighted by molar-refractivity contribution is 0.174. The van der Waals surface area contributed by atoms with Gasteiger partial charge in [0, 0.05) is 11.3 Å². The van der Waals surface area contributed by atoms with Crippen LogP contribution in [0.4, 0.5) is 0 Å². The fraction of sp³-hybridized carbons (Fsp3) is 0.200. The molecule has 7 nitrogen and oxygen atoms in total. The average Bonchev–Trinajstić information content (AvgIpc) is 3.49. The number of fused-ring (bicyclic) bond motifs is 1. The lowest BCUT2D eigenvalue weighted by atomic mass is 10.2. The zero-order valence-corrected chi connectivity index (χ0v) is 19.0. The second-order valence-electron chi connectivity index (χ2n) is 7.32. The van der Waals surface area contributed by atoms with Gasteiger partial charge in [0.05, 0.1) is 20.3 Å². The monoisotopic (exact) mass is 461 g/mol. The number of rotatable bonds is 9. The summed E-state index contributed by atoms with van der Waals surface area (Å²) in [6.07, 6.45) is 0. The summed E-state index contributed by atoms with van der Waals surface area (Å²) in [6, 6.07) is 23.7. The van der Waals surface area contributed by atoms with E-state index in [1.807, 2.05) is 72.8 Å². The molecule has 0 aliphatic carbocycles. The van der Waals surface area contributed by atoms with Crippen LogP contribution in [0.1, 0.15) is 5.56 Å². The highest BCUT2D eigenvalue weighted by molar-refractivity contribution is 7.99. The molecule has 8 heteroatoms. The maximum Gasteiger partial charge on any atom is 0.231 e. The molecule has 0 saturated heterocycles. The van der Waals surface area contributed by atoms with Crippen molar-refractivity contribution in [3.63, 3.8) is 0 Å². The Kier molecular flexibility index (Phi) is 6.34. The molecule has 0 radical (unpaired) electrons. The smallest absolute Gasteiger partial charge is 0.231 e. The van der Waals surface area contributed by atoms with Crippen LogP contribution in [-0.2, 0) is 6.54 Å². The van der Waals surface area contributed by atoms with Crippen LogP contribution in [0, 0.1) is 0 Å². The SMILES string of the molecule is COc1ccc(OCCSc2nnc(-c3ccccc3)n2Cc2ccc3c(c2)OCO3)cc1. The number of benzene rings is 3. The molecule has 168 valence electrons. The molecule has 1 aliphatic heterocycles. The van der Waals surface area contributed by atoms with Crippen molar-refractivity contribution in [2.75, 3.05) is 26.3 Å². The standard InChI is InChI=1S/C25H23N3O4S/c1-29-20-8-10-21(11-9-20)30-13-14-33-25-27-26-24(19-5-3-2-4-6-19)28(25)16-18-7-12-22-23(15-18)32-17-31-22/h2-12,15H,13-14,16-17H2,1H3. The zero-order chi connectivity index (χ0) is 22.5. The first kappa shape index (κ1) is 21.2. The summed E-state index contributed by atoms with van der Waals surface area (Å²) in [6.45, 7) is 1.43. The third-order valence-electron chi connectivity index (χ3n) is 5.17. The predicted octanol–water partition coefficient (Wildman–Crippen LogP) is 4.90. The lowest BCUT2D eigenvalue weighted by Crippen LogP contribution is -2.06. The first-order chi connectivity index (χ1) is 16.3. The molecule has 1 aromatic heterocycles. The summed E-state index contributed by atoms with van der Waals surface area (Å²) in [4.78, 5) is 0. The Bertz CT molecular complexity index is 1210. The highest BCUT2D eigenvalue weighted by Crippen LogP contribution is 2.33. The molecule has 0 saturated carbocycles. The molecule has 0 fully saturated rings. The molecule has 5 rings (SSSR count). The number of nitrogens with zero attached hydrogens (tertiary/aromatic N) is 3. The van der Waals surface area contributed by atoms with Crippen molar-refractivity contribution in [2.45, 2.75) is 11.7 Å². The van der Waals surface area contributed by atoms with Crippen LogP contribution in [-0.4, -0.2) is 41.0 Å². The van der Waals surface area contributed by atoms with E-state index in [-0.39, 0.29) is 6.79 Å². The van der Waals surface area contributed by atoms with Crippen LogP contribution >= 0.6 is 11.8 Å². The molecular weight excluding hydrogens is 438 g/mol. The summed E-state index contributed by atoms with van der Waals surface area (Å²) >= 11 is 1.62. The fourth-order valence-corrected chi connectivity index (χ4v) is 4.28. The van der Waals surface area contributed by atoms with Crippen LogP contribution < -0.4 is 18.9 Å². The van der Waals surface area contributed by atoms with E-state index in [4.69, 9.17) is 18.9 Å². The summed E-state index contributed by atoms with van der Waals surface area (Å²) in [5, 5.41) is 9.81. The summed E-state index contributed by atoms with van der Waals surface area (Å²) in [7, 11) is 1.65. The molecule has 4 aromatic rings. The van der Waals surface area contributed by atoms with Gasteiger partial charge < -0.3 is 18.9 Å². The van der Waals surface area contributed by atoms with Crippen molar-refractivity contribution in [3.8, 4) is 34.4 Å². The molecule has 0 amide bonds. The van der Waals surface area contributed by atoms with E-state index in [0.29, 0.717) is 13.2 Å². The zero-order valence-electron chi connectivity index (χ0n) is 18.1. The van der Waals surface area contributed by atoms with Crippen LogP contribution in [0.25, 0.3) is 11.4 Å². The van der Waals surface area contributed by atoms with Gasteiger partial charge in [0.2, 0.25) is 6.79 Å². The third kappa shape index (κ3) is 4.90. The van der Waals surface area contributed by atoms with Gasteiger partial charge in [0.15, 0.2) is 22.5 Å². The number of hydrogen-bond donors (Lipinski definition) is 0. The van der Waals surface area contributed by atoms with Crippen molar-refractivity contribution in [3.05, 3.63) is 78.4 Å². The van der Waals surface area contributed by atoms with Gasteiger partial charge in [-0.1, -0.05) is 48.2 Å². The van der Waals surface area contributed by atoms with Gasteiger partial charge in [-0.15, -0.1) is 10.2 Å². The van der Waals surface area contributed by atoms with Gasteiger partial charge in [-0.2, -0.15) is 0 Å². The summed E-state index contributed by atoms with van der Waals surface area (Å²) in [5.41, 5.74) is 2.11. The minimum atomic E-state index is 0.260. The van der Waals surface area contributed by atoms with Crippen molar-refractivity contribution in [2.24, 2.45) is 0 Å². The van der Waals surface area contributed by atoms with Gasteiger partial charge in [0.25, 0.3) is 0 Å². The Morgan fingerprint density at radius 2 is 1.70 bits per heavy atom. The third-order valence-corrected chi connectivity index (χ3v) is 6.10.